The molecule has 1 aromatic heterocycles. The first-order chi connectivity index (χ1) is 6.49. The molecule has 1 aromatic rings. The van der Waals surface area contributed by atoms with E-state index in [9.17, 15) is 13.2 Å². The third-order valence-electron chi connectivity index (χ3n) is 1.26. The molecule has 1 rings (SSSR count). The van der Waals surface area contributed by atoms with Gasteiger partial charge in [0.1, 0.15) is 0 Å². The molecule has 0 aromatic carbocycles. The summed E-state index contributed by atoms with van der Waals surface area (Å²) in [5, 5.41) is 15.1. The van der Waals surface area contributed by atoms with Crippen molar-refractivity contribution in [3.05, 3.63) is 11.4 Å². The van der Waals surface area contributed by atoms with Crippen molar-refractivity contribution in [2.24, 2.45) is 0 Å². The van der Waals surface area contributed by atoms with E-state index in [0.29, 0.717) is 4.55 Å². The van der Waals surface area contributed by atoms with Gasteiger partial charge in [0.2, 0.25) is 0 Å². The predicted molar refractivity (Wildman–Crippen MR) is 35.7 cm³/mol. The van der Waals surface area contributed by atoms with Crippen LogP contribution in [-0.4, -0.2) is 19.9 Å². The van der Waals surface area contributed by atoms with Gasteiger partial charge in [0.25, 0.3) is 0 Å². The summed E-state index contributed by atoms with van der Waals surface area (Å²) in [6, 6.07) is 1.38. The van der Waals surface area contributed by atoms with Crippen LogP contribution in [0, 0.1) is 11.3 Å². The number of aromatic nitrogens is 3. The zero-order valence-electron chi connectivity index (χ0n) is 7.01. The molecule has 0 aliphatic carbocycles. The molecule has 0 bridgehead atoms. The zero-order valence-corrected chi connectivity index (χ0v) is 9.17. The number of nitrogens with zero attached hydrogens (tertiary/aromatic N) is 4. The fraction of sp³-hybridized carbons (Fsp3) is 0.500. The molecular weight excluding hydrogens is 312 g/mol. The molecule has 78 valence electrons. The molecular formula is C6H5F3IN4-. The van der Waals surface area contributed by atoms with Crippen molar-refractivity contribution >= 4 is 0 Å². The standard InChI is InChI=1S/C6H5F3IN4/c1-10-3-14-12-4(2-11)5(13-14)6(7,8)9/h3H2,1H3/q-1. The Morgan fingerprint density at radius 3 is 2.50 bits per heavy atom. The van der Waals surface area contributed by atoms with Crippen molar-refractivity contribution in [2.75, 3.05) is 4.93 Å². The molecule has 0 amide bonds. The van der Waals surface area contributed by atoms with Crippen molar-refractivity contribution in [1.82, 2.24) is 15.0 Å². The van der Waals surface area contributed by atoms with E-state index in [2.05, 4.69) is 10.2 Å². The third kappa shape index (κ3) is 2.34. The molecule has 0 atom stereocenters. The fourth-order valence-corrected chi connectivity index (χ4v) is 1.69. The van der Waals surface area contributed by atoms with E-state index in [4.69, 9.17) is 5.26 Å². The Labute approximate surface area is 88.0 Å². The number of hydrogen-bond donors (Lipinski definition) is 0. The van der Waals surface area contributed by atoms with Crippen LogP contribution in [0.25, 0.3) is 0 Å². The maximum atomic E-state index is 12.2. The number of alkyl halides is 5. The van der Waals surface area contributed by atoms with Crippen molar-refractivity contribution in [1.29, 1.82) is 5.26 Å². The van der Waals surface area contributed by atoms with Gasteiger partial charge in [-0.3, -0.25) is 0 Å². The Bertz CT molecular complexity index is 364. The average Bonchev–Trinajstić information content (AvgIpc) is 2.47. The molecule has 8 heteroatoms. The van der Waals surface area contributed by atoms with E-state index in [1.54, 1.807) is 0 Å². The molecule has 0 spiro atoms. The number of hydrogen-bond acceptors (Lipinski definition) is 3. The maximum absolute atomic E-state index is 12.2. The van der Waals surface area contributed by atoms with Crippen LogP contribution < -0.4 is 21.2 Å². The number of halogens is 4. The molecule has 0 saturated heterocycles. The van der Waals surface area contributed by atoms with E-state index in [-0.39, 0.29) is 21.2 Å². The summed E-state index contributed by atoms with van der Waals surface area (Å²) in [6.45, 7) is 0. The van der Waals surface area contributed by atoms with Crippen LogP contribution in [-0.2, 0) is 10.7 Å². The van der Waals surface area contributed by atoms with Crippen LogP contribution in [0.15, 0.2) is 0 Å². The van der Waals surface area contributed by atoms with Crippen molar-refractivity contribution in [3.63, 3.8) is 0 Å². The van der Waals surface area contributed by atoms with Crippen LogP contribution in [0.4, 0.5) is 13.2 Å². The minimum atomic E-state index is -4.60. The molecule has 0 aliphatic heterocycles. The van der Waals surface area contributed by atoms with Crippen molar-refractivity contribution in [2.45, 2.75) is 10.7 Å². The number of nitriles is 1. The van der Waals surface area contributed by atoms with E-state index in [0.717, 1.165) is 4.80 Å². The molecule has 0 aliphatic rings. The van der Waals surface area contributed by atoms with Gasteiger partial charge in [0.15, 0.2) is 0 Å². The Morgan fingerprint density at radius 1 is 1.50 bits per heavy atom. The average molecular weight is 317 g/mol. The Balaban J connectivity index is 3.11. The summed E-state index contributed by atoms with van der Waals surface area (Å²) >= 11 is -0.251. The van der Waals surface area contributed by atoms with Gasteiger partial charge in [0, 0.05) is 0 Å². The summed E-state index contributed by atoms with van der Waals surface area (Å²) in [5.41, 5.74) is -1.85. The summed E-state index contributed by atoms with van der Waals surface area (Å²) < 4.78 is 37.1. The molecule has 4 nitrogen and oxygen atoms in total. The van der Waals surface area contributed by atoms with E-state index in [1.165, 1.54) is 6.07 Å². The van der Waals surface area contributed by atoms with Gasteiger partial charge in [-0.15, -0.1) is 0 Å². The number of rotatable bonds is 2. The molecule has 0 radical (unpaired) electrons. The van der Waals surface area contributed by atoms with E-state index < -0.39 is 17.6 Å². The predicted octanol–water partition coefficient (Wildman–Crippen LogP) is -2.16. The van der Waals surface area contributed by atoms with Crippen LogP contribution in [0.2, 0.25) is 0 Å². The van der Waals surface area contributed by atoms with Crippen LogP contribution in [0.5, 0.6) is 0 Å². The van der Waals surface area contributed by atoms with Gasteiger partial charge >= 0.3 is 87.7 Å². The Kier molecular flexibility index (Phi) is 3.30. The van der Waals surface area contributed by atoms with Crippen molar-refractivity contribution < 1.29 is 34.4 Å². The van der Waals surface area contributed by atoms with Crippen LogP contribution in [0.1, 0.15) is 11.4 Å². The summed E-state index contributed by atoms with van der Waals surface area (Å²) in [5.74, 6) is 0. The summed E-state index contributed by atoms with van der Waals surface area (Å²) in [6.07, 6.45) is -4.60. The van der Waals surface area contributed by atoms with Gasteiger partial charge in [-0.1, -0.05) is 0 Å². The first-order valence-electron chi connectivity index (χ1n) is 3.35. The second-order valence-corrected chi connectivity index (χ2v) is 4.47. The van der Waals surface area contributed by atoms with Gasteiger partial charge in [-0.05, 0) is 0 Å². The van der Waals surface area contributed by atoms with Gasteiger partial charge < -0.3 is 0 Å². The molecule has 0 unspecified atom stereocenters. The SMILES string of the molecule is C[I-]Cn1nc(C#N)c(C(F)(F)F)n1. The molecule has 14 heavy (non-hydrogen) atoms. The molecule has 0 N–H and O–H groups in total. The van der Waals surface area contributed by atoms with Gasteiger partial charge in [0.05, 0.1) is 0 Å². The van der Waals surface area contributed by atoms with Crippen LogP contribution in [0.3, 0.4) is 0 Å². The monoisotopic (exact) mass is 317 g/mol. The minimum absolute atomic E-state index is 0.251. The molecule has 0 saturated carbocycles. The van der Waals surface area contributed by atoms with Crippen LogP contribution >= 0.6 is 0 Å². The van der Waals surface area contributed by atoms with E-state index in [1.807, 2.05) is 4.93 Å². The third-order valence-corrected chi connectivity index (χ3v) is 2.55. The van der Waals surface area contributed by atoms with Crippen molar-refractivity contribution in [3.8, 4) is 6.07 Å². The summed E-state index contributed by atoms with van der Waals surface area (Å²) in [7, 11) is 0. The summed E-state index contributed by atoms with van der Waals surface area (Å²) in [4.78, 5) is 2.83. The van der Waals surface area contributed by atoms with E-state index >= 15 is 0 Å². The fourth-order valence-electron chi connectivity index (χ4n) is 0.775. The first kappa shape index (κ1) is 11.2. The normalized spacial score (nSPS) is 11.6. The topological polar surface area (TPSA) is 54.5 Å². The zero-order chi connectivity index (χ0) is 10.8. The van der Waals surface area contributed by atoms with Gasteiger partial charge in [-0.2, -0.15) is 0 Å². The Hall–Kier alpha value is -0.850. The first-order valence-corrected chi connectivity index (χ1v) is 7.03. The second-order valence-electron chi connectivity index (χ2n) is 2.27. The molecule has 1 heterocycles. The molecule has 0 fully saturated rings. The Morgan fingerprint density at radius 2 is 2.14 bits per heavy atom. The quantitative estimate of drug-likeness (QED) is 0.461. The van der Waals surface area contributed by atoms with Gasteiger partial charge in [-0.25, -0.2) is 0 Å². The second kappa shape index (κ2) is 4.12.